The van der Waals surface area contributed by atoms with E-state index in [4.69, 9.17) is 5.73 Å². The molecule has 0 unspecified atom stereocenters. The number of nitrogens with zero attached hydrogens (tertiary/aromatic N) is 1. The third kappa shape index (κ3) is 2.75. The van der Waals surface area contributed by atoms with E-state index in [1.165, 1.54) is 0 Å². The van der Waals surface area contributed by atoms with E-state index in [0.717, 1.165) is 25.9 Å². The molecule has 3 amide bonds. The lowest BCUT2D eigenvalue weighted by Crippen LogP contribution is -2.27. The summed E-state index contributed by atoms with van der Waals surface area (Å²) in [5, 5.41) is 2.45. The molecule has 1 aromatic carbocycles. The van der Waals surface area contributed by atoms with E-state index in [0.29, 0.717) is 11.3 Å². The highest BCUT2D eigenvalue weighted by molar-refractivity contribution is 5.95. The van der Waals surface area contributed by atoms with Crippen molar-refractivity contribution in [3.05, 3.63) is 29.8 Å². The van der Waals surface area contributed by atoms with Crippen molar-refractivity contribution in [1.29, 1.82) is 0 Å². The summed E-state index contributed by atoms with van der Waals surface area (Å²) in [5.41, 5.74) is 6.23. The summed E-state index contributed by atoms with van der Waals surface area (Å²) in [6, 6.07) is 6.14. The van der Waals surface area contributed by atoms with Crippen LogP contribution in [0.2, 0.25) is 0 Å². The topological polar surface area (TPSA) is 75.4 Å². The second kappa shape index (κ2) is 4.86. The van der Waals surface area contributed by atoms with Gasteiger partial charge in [-0.25, -0.2) is 4.79 Å². The van der Waals surface area contributed by atoms with Crippen LogP contribution in [0.15, 0.2) is 24.3 Å². The van der Waals surface area contributed by atoms with Crippen molar-refractivity contribution in [2.24, 2.45) is 5.73 Å². The Kier molecular flexibility index (Phi) is 3.27. The highest BCUT2D eigenvalue weighted by Crippen LogP contribution is 2.15. The van der Waals surface area contributed by atoms with Crippen LogP contribution in [-0.2, 0) is 0 Å². The molecule has 1 fully saturated rings. The molecule has 0 radical (unpaired) electrons. The Balaban J connectivity index is 2.06. The molecule has 0 aliphatic carbocycles. The van der Waals surface area contributed by atoms with Gasteiger partial charge in [0.2, 0.25) is 0 Å². The van der Waals surface area contributed by atoms with Crippen LogP contribution in [0.1, 0.15) is 23.2 Å². The zero-order valence-electron chi connectivity index (χ0n) is 9.48. The zero-order valence-corrected chi connectivity index (χ0v) is 9.48. The monoisotopic (exact) mass is 233 g/mol. The Morgan fingerprint density at radius 1 is 1.12 bits per heavy atom. The van der Waals surface area contributed by atoms with Gasteiger partial charge < -0.3 is 16.0 Å². The number of nitrogens with one attached hydrogen (secondary N) is 1. The number of carbonyl (C=O) groups is 2. The summed E-state index contributed by atoms with van der Waals surface area (Å²) in [6.45, 7) is 1.67. The smallest absolute Gasteiger partial charge is 0.316 e. The maximum atomic E-state index is 12.0. The van der Waals surface area contributed by atoms with Crippen LogP contribution in [0.25, 0.3) is 0 Å². The lowest BCUT2D eigenvalue weighted by atomic mass is 10.2. The van der Waals surface area contributed by atoms with Gasteiger partial charge in [-0.1, -0.05) is 0 Å². The van der Waals surface area contributed by atoms with Crippen LogP contribution in [0.3, 0.4) is 0 Å². The molecule has 0 aromatic heterocycles. The molecule has 0 bridgehead atoms. The summed E-state index contributed by atoms with van der Waals surface area (Å²) in [6.07, 6.45) is 2.15. The lowest BCUT2D eigenvalue weighted by Gasteiger charge is -2.15. The van der Waals surface area contributed by atoms with Crippen LogP contribution < -0.4 is 11.1 Å². The maximum Gasteiger partial charge on any atom is 0.316 e. The molecule has 3 N–H and O–H groups in total. The maximum absolute atomic E-state index is 12.0. The first-order chi connectivity index (χ1) is 8.16. The molecule has 2 rings (SSSR count). The van der Waals surface area contributed by atoms with Crippen molar-refractivity contribution < 1.29 is 9.59 Å². The SMILES string of the molecule is NC(=O)Nc1ccc(C(=O)N2CCCC2)cc1. The average Bonchev–Trinajstić information content (AvgIpc) is 2.82. The molecule has 0 saturated carbocycles. The highest BCUT2D eigenvalue weighted by Gasteiger charge is 2.19. The van der Waals surface area contributed by atoms with E-state index >= 15 is 0 Å². The van der Waals surface area contributed by atoms with Crippen molar-refractivity contribution in [2.45, 2.75) is 12.8 Å². The van der Waals surface area contributed by atoms with Crippen LogP contribution in [-0.4, -0.2) is 29.9 Å². The minimum atomic E-state index is -0.608. The molecule has 1 saturated heterocycles. The Morgan fingerprint density at radius 3 is 2.24 bits per heavy atom. The molecule has 1 heterocycles. The number of hydrogen-bond acceptors (Lipinski definition) is 2. The van der Waals surface area contributed by atoms with Crippen molar-refractivity contribution >= 4 is 17.6 Å². The van der Waals surface area contributed by atoms with Gasteiger partial charge in [-0.2, -0.15) is 0 Å². The fourth-order valence-corrected chi connectivity index (χ4v) is 1.94. The molecule has 1 aromatic rings. The summed E-state index contributed by atoms with van der Waals surface area (Å²) < 4.78 is 0. The third-order valence-electron chi connectivity index (χ3n) is 2.79. The van der Waals surface area contributed by atoms with Crippen LogP contribution in [0.5, 0.6) is 0 Å². The lowest BCUT2D eigenvalue weighted by molar-refractivity contribution is 0.0793. The molecule has 0 spiro atoms. The van der Waals surface area contributed by atoms with E-state index in [1.54, 1.807) is 24.3 Å². The molecule has 5 nitrogen and oxygen atoms in total. The van der Waals surface area contributed by atoms with Gasteiger partial charge in [0, 0.05) is 24.3 Å². The Hall–Kier alpha value is -2.04. The minimum absolute atomic E-state index is 0.0492. The van der Waals surface area contributed by atoms with Gasteiger partial charge in [-0.05, 0) is 37.1 Å². The van der Waals surface area contributed by atoms with E-state index < -0.39 is 6.03 Å². The Labute approximate surface area is 99.6 Å². The van der Waals surface area contributed by atoms with E-state index in [-0.39, 0.29) is 5.91 Å². The quantitative estimate of drug-likeness (QED) is 0.810. The predicted molar refractivity (Wildman–Crippen MR) is 64.8 cm³/mol. The van der Waals surface area contributed by atoms with Crippen LogP contribution in [0.4, 0.5) is 10.5 Å². The normalized spacial score (nSPS) is 14.7. The number of likely N-dealkylation sites (tertiary alicyclic amines) is 1. The summed E-state index contributed by atoms with van der Waals surface area (Å²) >= 11 is 0. The number of urea groups is 1. The van der Waals surface area contributed by atoms with Gasteiger partial charge in [-0.3, -0.25) is 4.79 Å². The number of rotatable bonds is 2. The first-order valence-corrected chi connectivity index (χ1v) is 5.62. The van der Waals surface area contributed by atoms with Gasteiger partial charge in [0.05, 0.1) is 0 Å². The molecular weight excluding hydrogens is 218 g/mol. The molecular formula is C12H15N3O2. The number of hydrogen-bond donors (Lipinski definition) is 2. The van der Waals surface area contributed by atoms with Gasteiger partial charge in [0.1, 0.15) is 0 Å². The Morgan fingerprint density at radius 2 is 1.71 bits per heavy atom. The van der Waals surface area contributed by atoms with E-state index in [9.17, 15) is 9.59 Å². The standard InChI is InChI=1S/C12H15N3O2/c13-12(17)14-10-5-3-9(4-6-10)11(16)15-7-1-2-8-15/h3-6H,1-2,7-8H2,(H3,13,14,17). The number of amides is 3. The number of nitrogens with two attached hydrogens (primary N) is 1. The minimum Gasteiger partial charge on any atom is -0.351 e. The van der Waals surface area contributed by atoms with Crippen molar-refractivity contribution in [3.8, 4) is 0 Å². The van der Waals surface area contributed by atoms with E-state index in [1.807, 2.05) is 4.90 Å². The van der Waals surface area contributed by atoms with E-state index in [2.05, 4.69) is 5.32 Å². The number of benzene rings is 1. The number of anilines is 1. The van der Waals surface area contributed by atoms with Gasteiger partial charge in [0.25, 0.3) is 5.91 Å². The van der Waals surface area contributed by atoms with Crippen LogP contribution in [0, 0.1) is 0 Å². The fraction of sp³-hybridized carbons (Fsp3) is 0.333. The number of primary amides is 1. The fourth-order valence-electron chi connectivity index (χ4n) is 1.94. The van der Waals surface area contributed by atoms with Crippen molar-refractivity contribution in [1.82, 2.24) is 4.90 Å². The molecule has 17 heavy (non-hydrogen) atoms. The zero-order chi connectivity index (χ0) is 12.3. The third-order valence-corrected chi connectivity index (χ3v) is 2.79. The second-order valence-electron chi connectivity index (χ2n) is 4.07. The molecule has 1 aliphatic rings. The van der Waals surface area contributed by atoms with Gasteiger partial charge in [0.15, 0.2) is 0 Å². The summed E-state index contributed by atoms with van der Waals surface area (Å²) in [5.74, 6) is 0.0492. The summed E-state index contributed by atoms with van der Waals surface area (Å²) in [4.78, 5) is 24.5. The van der Waals surface area contributed by atoms with Gasteiger partial charge >= 0.3 is 6.03 Å². The van der Waals surface area contributed by atoms with Crippen molar-refractivity contribution in [2.75, 3.05) is 18.4 Å². The number of carbonyl (C=O) groups excluding carboxylic acids is 2. The van der Waals surface area contributed by atoms with Crippen LogP contribution >= 0.6 is 0 Å². The molecule has 5 heteroatoms. The summed E-state index contributed by atoms with van der Waals surface area (Å²) in [7, 11) is 0. The van der Waals surface area contributed by atoms with Crippen molar-refractivity contribution in [3.63, 3.8) is 0 Å². The second-order valence-corrected chi connectivity index (χ2v) is 4.07. The first-order valence-electron chi connectivity index (χ1n) is 5.62. The first kappa shape index (κ1) is 11.4. The highest BCUT2D eigenvalue weighted by atomic mass is 16.2. The molecule has 1 aliphatic heterocycles. The average molecular weight is 233 g/mol. The van der Waals surface area contributed by atoms with Gasteiger partial charge in [-0.15, -0.1) is 0 Å². The molecule has 90 valence electrons. The largest absolute Gasteiger partial charge is 0.351 e. The predicted octanol–water partition coefficient (Wildman–Crippen LogP) is 1.41. The molecule has 0 atom stereocenters. The Bertz CT molecular complexity index is 422.